The van der Waals surface area contributed by atoms with Crippen LogP contribution in [0.2, 0.25) is 0 Å². The molecule has 0 fully saturated rings. The van der Waals surface area contributed by atoms with Gasteiger partial charge in [-0.05, 0) is 78.8 Å². The van der Waals surface area contributed by atoms with E-state index in [-0.39, 0.29) is 12.2 Å². The minimum absolute atomic E-state index is 0.145. The molecule has 0 aliphatic carbocycles. The van der Waals surface area contributed by atoms with Crippen molar-refractivity contribution in [3.63, 3.8) is 0 Å². The summed E-state index contributed by atoms with van der Waals surface area (Å²) in [5.41, 5.74) is 0.279. The fraction of sp³-hybridized carbons (Fsp3) is 0.269. The van der Waals surface area contributed by atoms with Crippen LogP contribution in [-0.2, 0) is 25.4 Å². The summed E-state index contributed by atoms with van der Waals surface area (Å²) >= 11 is 0. The Labute approximate surface area is 189 Å². The zero-order chi connectivity index (χ0) is 24.0. The Morgan fingerprint density at radius 3 is 1.94 bits per heavy atom. The maximum absolute atomic E-state index is 14.5. The van der Waals surface area contributed by atoms with Crippen LogP contribution in [0.3, 0.4) is 0 Å². The topological polar surface area (TPSA) is 33.0 Å². The Morgan fingerprint density at radius 1 is 0.788 bits per heavy atom. The molecule has 0 bridgehead atoms. The van der Waals surface area contributed by atoms with Gasteiger partial charge in [0.25, 0.3) is 0 Å². The minimum Gasteiger partial charge on any atom is -0.429 e. The molecular formula is C26H22F5NO. The van der Waals surface area contributed by atoms with Crippen molar-refractivity contribution in [3.05, 3.63) is 99.9 Å². The van der Waals surface area contributed by atoms with Gasteiger partial charge in [-0.15, -0.1) is 0 Å². The Hall–Kier alpha value is -3.40. The molecule has 3 rings (SSSR count). The van der Waals surface area contributed by atoms with Gasteiger partial charge in [0, 0.05) is 0 Å². The largest absolute Gasteiger partial charge is 0.429 e. The lowest BCUT2D eigenvalue weighted by Gasteiger charge is -2.19. The molecule has 172 valence electrons. The number of hydrogen-bond acceptors (Lipinski definition) is 2. The molecule has 0 aliphatic rings. The Kier molecular flexibility index (Phi) is 7.70. The second kappa shape index (κ2) is 10.5. The Morgan fingerprint density at radius 2 is 1.36 bits per heavy atom. The van der Waals surface area contributed by atoms with E-state index in [0.717, 1.165) is 42.7 Å². The standard InChI is InChI=1S/C26H22F5NO/c1-2-3-4-18-9-12-22(25(29)13-18)26(30,31)33-20-10-7-17(8-11-20)5-6-19-14-23(27)21(16-32)24(28)15-19/h7-15H,2-6H2,1H3. The third kappa shape index (κ3) is 6.10. The molecule has 2 nitrogen and oxygen atoms in total. The molecule has 0 radical (unpaired) electrons. The number of rotatable bonds is 9. The summed E-state index contributed by atoms with van der Waals surface area (Å²) in [5.74, 6) is -3.02. The smallest absolute Gasteiger partial charge is 0.429 e. The minimum atomic E-state index is -3.85. The van der Waals surface area contributed by atoms with Crippen molar-refractivity contribution in [1.82, 2.24) is 0 Å². The average Bonchev–Trinajstić information content (AvgIpc) is 2.76. The fourth-order valence-electron chi connectivity index (χ4n) is 3.42. The quantitative estimate of drug-likeness (QED) is 0.316. The molecular weight excluding hydrogens is 437 g/mol. The molecule has 3 aromatic rings. The van der Waals surface area contributed by atoms with E-state index >= 15 is 0 Å². The lowest BCUT2D eigenvalue weighted by atomic mass is 10.0. The van der Waals surface area contributed by atoms with Crippen molar-refractivity contribution in [2.75, 3.05) is 0 Å². The third-order valence-corrected chi connectivity index (χ3v) is 5.25. The number of aryl methyl sites for hydroxylation is 3. The van der Waals surface area contributed by atoms with Gasteiger partial charge in [0.2, 0.25) is 0 Å². The number of halogens is 5. The van der Waals surface area contributed by atoms with Crippen molar-refractivity contribution < 1.29 is 26.7 Å². The second-order valence-electron chi connectivity index (χ2n) is 7.73. The van der Waals surface area contributed by atoms with E-state index in [2.05, 4.69) is 0 Å². The van der Waals surface area contributed by atoms with Crippen LogP contribution < -0.4 is 4.74 Å². The van der Waals surface area contributed by atoms with E-state index in [4.69, 9.17) is 10.00 Å². The van der Waals surface area contributed by atoms with E-state index < -0.39 is 34.7 Å². The van der Waals surface area contributed by atoms with Crippen LogP contribution in [0.15, 0.2) is 54.6 Å². The third-order valence-electron chi connectivity index (χ3n) is 5.25. The van der Waals surface area contributed by atoms with Crippen molar-refractivity contribution in [2.24, 2.45) is 0 Å². The van der Waals surface area contributed by atoms with Crippen molar-refractivity contribution in [2.45, 2.75) is 45.1 Å². The van der Waals surface area contributed by atoms with Gasteiger partial charge in [-0.3, -0.25) is 0 Å². The van der Waals surface area contributed by atoms with Crippen LogP contribution in [0.5, 0.6) is 5.75 Å². The molecule has 0 atom stereocenters. The Bertz CT molecular complexity index is 1130. The highest BCUT2D eigenvalue weighted by atomic mass is 19.3. The second-order valence-corrected chi connectivity index (χ2v) is 7.73. The zero-order valence-corrected chi connectivity index (χ0v) is 18.0. The molecule has 0 aromatic heterocycles. The van der Waals surface area contributed by atoms with E-state index in [9.17, 15) is 22.0 Å². The van der Waals surface area contributed by atoms with Gasteiger partial charge >= 0.3 is 6.11 Å². The van der Waals surface area contributed by atoms with Gasteiger partial charge in [0.1, 0.15) is 34.8 Å². The van der Waals surface area contributed by atoms with Gasteiger partial charge in [-0.25, -0.2) is 13.2 Å². The zero-order valence-electron chi connectivity index (χ0n) is 18.0. The molecule has 0 amide bonds. The maximum Gasteiger partial charge on any atom is 0.429 e. The van der Waals surface area contributed by atoms with Gasteiger partial charge < -0.3 is 4.74 Å². The van der Waals surface area contributed by atoms with Crippen LogP contribution in [-0.4, -0.2) is 0 Å². The average molecular weight is 459 g/mol. The van der Waals surface area contributed by atoms with Gasteiger partial charge in [-0.2, -0.15) is 14.0 Å². The van der Waals surface area contributed by atoms with Crippen molar-refractivity contribution in [3.8, 4) is 11.8 Å². The molecule has 0 unspecified atom stereocenters. The number of benzene rings is 3. The highest BCUT2D eigenvalue weighted by Gasteiger charge is 2.37. The molecule has 0 saturated heterocycles. The van der Waals surface area contributed by atoms with Crippen LogP contribution in [0.4, 0.5) is 22.0 Å². The lowest BCUT2D eigenvalue weighted by Crippen LogP contribution is -2.23. The number of hydrogen-bond donors (Lipinski definition) is 0. The summed E-state index contributed by atoms with van der Waals surface area (Å²) in [6.45, 7) is 1.99. The number of nitriles is 1. The maximum atomic E-state index is 14.5. The van der Waals surface area contributed by atoms with Crippen molar-refractivity contribution in [1.29, 1.82) is 5.26 Å². The summed E-state index contributed by atoms with van der Waals surface area (Å²) in [4.78, 5) is 0. The summed E-state index contributed by atoms with van der Waals surface area (Å²) in [6.07, 6.45) is -0.816. The SMILES string of the molecule is CCCCc1ccc(C(F)(F)Oc2ccc(CCc3cc(F)c(C#N)c(F)c3)cc2)c(F)c1. The molecule has 0 spiro atoms. The molecule has 0 heterocycles. The summed E-state index contributed by atoms with van der Waals surface area (Å²) in [5, 5.41) is 8.72. The first-order valence-corrected chi connectivity index (χ1v) is 10.6. The lowest BCUT2D eigenvalue weighted by molar-refractivity contribution is -0.187. The van der Waals surface area contributed by atoms with Gasteiger partial charge in [-0.1, -0.05) is 31.5 Å². The normalized spacial score (nSPS) is 11.3. The number of unbranched alkanes of at least 4 members (excludes halogenated alkanes) is 1. The fourth-order valence-corrected chi connectivity index (χ4v) is 3.42. The molecule has 0 N–H and O–H groups in total. The molecule has 33 heavy (non-hydrogen) atoms. The molecule has 3 aromatic carbocycles. The summed E-state index contributed by atoms with van der Waals surface area (Å²) < 4.78 is 75.5. The van der Waals surface area contributed by atoms with Crippen molar-refractivity contribution >= 4 is 0 Å². The number of nitrogens with zero attached hydrogens (tertiary/aromatic N) is 1. The van der Waals surface area contributed by atoms with E-state index in [1.165, 1.54) is 24.3 Å². The van der Waals surface area contributed by atoms with Crippen LogP contribution in [0.1, 0.15) is 47.6 Å². The van der Waals surface area contributed by atoms with Crippen LogP contribution in [0, 0.1) is 28.8 Å². The number of ether oxygens (including phenoxy) is 1. The van der Waals surface area contributed by atoms with E-state index in [1.54, 1.807) is 12.1 Å². The first kappa shape index (κ1) is 24.2. The Balaban J connectivity index is 1.65. The first-order chi connectivity index (χ1) is 15.7. The predicted octanol–water partition coefficient (Wildman–Crippen LogP) is 7.23. The summed E-state index contributed by atoms with van der Waals surface area (Å²) in [7, 11) is 0. The molecule has 0 aliphatic heterocycles. The van der Waals surface area contributed by atoms with Crippen LogP contribution >= 0.6 is 0 Å². The van der Waals surface area contributed by atoms with Gasteiger partial charge in [0.15, 0.2) is 0 Å². The first-order valence-electron chi connectivity index (χ1n) is 10.6. The highest BCUT2D eigenvalue weighted by Crippen LogP contribution is 2.34. The number of alkyl halides is 2. The predicted molar refractivity (Wildman–Crippen MR) is 114 cm³/mol. The van der Waals surface area contributed by atoms with Gasteiger partial charge in [0.05, 0.1) is 5.56 Å². The monoisotopic (exact) mass is 459 g/mol. The van der Waals surface area contributed by atoms with Crippen LogP contribution in [0.25, 0.3) is 0 Å². The van der Waals surface area contributed by atoms with E-state index in [1.807, 2.05) is 6.92 Å². The molecule has 7 heteroatoms. The molecule has 0 saturated carbocycles. The highest BCUT2D eigenvalue weighted by molar-refractivity contribution is 5.36. The van der Waals surface area contributed by atoms with E-state index in [0.29, 0.717) is 24.0 Å². The summed E-state index contributed by atoms with van der Waals surface area (Å²) in [6, 6.07) is 13.1.